The number of fused-ring (bicyclic) bond motifs is 1. The highest BCUT2D eigenvalue weighted by atomic mass is 32.2. The van der Waals surface area contributed by atoms with Crippen molar-refractivity contribution in [3.63, 3.8) is 0 Å². The van der Waals surface area contributed by atoms with Crippen LogP contribution in [0.4, 0.5) is 18.2 Å². The number of hydrogen-bond acceptors (Lipinski definition) is 5. The summed E-state index contributed by atoms with van der Waals surface area (Å²) in [7, 11) is -3.91. The fourth-order valence-corrected chi connectivity index (χ4v) is 6.21. The summed E-state index contributed by atoms with van der Waals surface area (Å²) in [5.74, 6) is -1.87. The minimum atomic E-state index is -4.82. The van der Waals surface area contributed by atoms with Crippen LogP contribution in [0.3, 0.4) is 0 Å². The standard InChI is InChI=1S/C21H20F3NO5S2/c1-14-17-5-2-3-6-18(17)31-20(14)25(32(28,29)12-4-7-19(26)27)13-15-8-10-16(11-9-15)30-21(22,23)24/h2-3,5-6,8-11H,4,7,12-13H2,1H3,(H,26,27). The molecule has 0 aliphatic carbocycles. The van der Waals surface area contributed by atoms with Crippen LogP contribution in [0, 0.1) is 6.92 Å². The van der Waals surface area contributed by atoms with Crippen molar-refractivity contribution in [1.82, 2.24) is 0 Å². The molecule has 0 atom stereocenters. The van der Waals surface area contributed by atoms with Crippen LogP contribution in [0.2, 0.25) is 0 Å². The number of alkyl halides is 3. The topological polar surface area (TPSA) is 83.9 Å². The molecule has 0 saturated carbocycles. The van der Waals surface area contributed by atoms with Gasteiger partial charge in [0.15, 0.2) is 0 Å². The highest BCUT2D eigenvalue weighted by Crippen LogP contribution is 2.39. The number of benzene rings is 2. The van der Waals surface area contributed by atoms with Crippen molar-refractivity contribution in [2.75, 3.05) is 10.1 Å². The molecule has 172 valence electrons. The Morgan fingerprint density at radius 2 is 1.78 bits per heavy atom. The molecule has 2 aromatic carbocycles. The first-order valence-electron chi connectivity index (χ1n) is 9.51. The molecule has 6 nitrogen and oxygen atoms in total. The summed E-state index contributed by atoms with van der Waals surface area (Å²) in [5.41, 5.74) is 1.21. The van der Waals surface area contributed by atoms with Gasteiger partial charge in [-0.05, 0) is 48.1 Å². The number of nitrogens with zero attached hydrogens (tertiary/aromatic N) is 1. The summed E-state index contributed by atoms with van der Waals surface area (Å²) in [6.07, 6.45) is -5.17. The largest absolute Gasteiger partial charge is 0.573 e. The molecule has 11 heteroatoms. The number of anilines is 1. The van der Waals surface area contributed by atoms with Gasteiger partial charge in [-0.25, -0.2) is 8.42 Å². The number of sulfonamides is 1. The molecular weight excluding hydrogens is 467 g/mol. The van der Waals surface area contributed by atoms with Crippen molar-refractivity contribution in [1.29, 1.82) is 0 Å². The molecule has 3 rings (SSSR count). The number of aliphatic carboxylic acids is 1. The summed E-state index contributed by atoms with van der Waals surface area (Å²) in [6.45, 7) is 1.68. The van der Waals surface area contributed by atoms with E-state index in [9.17, 15) is 26.4 Å². The molecule has 0 radical (unpaired) electrons. The fourth-order valence-electron chi connectivity index (χ4n) is 3.17. The van der Waals surface area contributed by atoms with E-state index in [4.69, 9.17) is 5.11 Å². The average Bonchev–Trinajstić information content (AvgIpc) is 3.02. The molecule has 32 heavy (non-hydrogen) atoms. The quantitative estimate of drug-likeness (QED) is 0.442. The molecule has 0 aliphatic rings. The van der Waals surface area contributed by atoms with Crippen molar-refractivity contribution < 1.29 is 36.2 Å². The van der Waals surface area contributed by atoms with E-state index in [2.05, 4.69) is 4.74 Å². The molecular formula is C21H20F3NO5S2. The molecule has 1 N–H and O–H groups in total. The van der Waals surface area contributed by atoms with Gasteiger partial charge in [0.25, 0.3) is 0 Å². The number of aryl methyl sites for hydroxylation is 1. The van der Waals surface area contributed by atoms with Crippen LogP contribution in [0.25, 0.3) is 10.1 Å². The zero-order valence-electron chi connectivity index (χ0n) is 16.9. The molecule has 0 amide bonds. The lowest BCUT2D eigenvalue weighted by atomic mass is 10.2. The fraction of sp³-hybridized carbons (Fsp3) is 0.286. The van der Waals surface area contributed by atoms with Crippen LogP contribution in [0.1, 0.15) is 24.0 Å². The van der Waals surface area contributed by atoms with Gasteiger partial charge in [-0.1, -0.05) is 30.3 Å². The van der Waals surface area contributed by atoms with E-state index in [0.717, 1.165) is 27.8 Å². The SMILES string of the molecule is Cc1c(N(Cc2ccc(OC(F)(F)F)cc2)S(=O)(=O)CCCC(=O)O)sc2ccccc12. The van der Waals surface area contributed by atoms with Gasteiger partial charge in [0, 0.05) is 11.1 Å². The molecule has 0 aliphatic heterocycles. The molecule has 0 spiro atoms. The van der Waals surface area contributed by atoms with E-state index < -0.39 is 28.1 Å². The second-order valence-electron chi connectivity index (χ2n) is 7.04. The van der Waals surface area contributed by atoms with Gasteiger partial charge in [-0.2, -0.15) is 0 Å². The number of halogens is 3. The number of carboxylic acids is 1. The third kappa shape index (κ3) is 5.92. The van der Waals surface area contributed by atoms with Gasteiger partial charge in [0.1, 0.15) is 10.8 Å². The first kappa shape index (κ1) is 23.9. The molecule has 1 aromatic heterocycles. The number of rotatable bonds is 9. The van der Waals surface area contributed by atoms with Gasteiger partial charge >= 0.3 is 12.3 Å². The zero-order chi connectivity index (χ0) is 23.5. The summed E-state index contributed by atoms with van der Waals surface area (Å²) in [6, 6.07) is 12.4. The third-order valence-corrected chi connectivity index (χ3v) is 7.86. The lowest BCUT2D eigenvalue weighted by molar-refractivity contribution is -0.274. The first-order valence-corrected chi connectivity index (χ1v) is 11.9. The van der Waals surface area contributed by atoms with E-state index in [0.29, 0.717) is 10.6 Å². The number of ether oxygens (including phenoxy) is 1. The van der Waals surface area contributed by atoms with Gasteiger partial charge in [-0.15, -0.1) is 24.5 Å². The Kier molecular flexibility index (Phi) is 6.99. The Hall–Kier alpha value is -2.79. The summed E-state index contributed by atoms with van der Waals surface area (Å²) < 4.78 is 69.5. The van der Waals surface area contributed by atoms with Gasteiger partial charge in [-0.3, -0.25) is 9.10 Å². The Balaban J connectivity index is 1.95. The van der Waals surface area contributed by atoms with Crippen LogP contribution in [0.5, 0.6) is 5.75 Å². The van der Waals surface area contributed by atoms with Gasteiger partial charge in [0.2, 0.25) is 10.0 Å². The number of carboxylic acid groups (broad SMARTS) is 1. The van der Waals surface area contributed by atoms with E-state index >= 15 is 0 Å². The Morgan fingerprint density at radius 3 is 2.38 bits per heavy atom. The van der Waals surface area contributed by atoms with Crippen LogP contribution in [0.15, 0.2) is 48.5 Å². The normalized spacial score (nSPS) is 12.1. The van der Waals surface area contributed by atoms with Gasteiger partial charge in [0.05, 0.1) is 12.3 Å². The second kappa shape index (κ2) is 9.37. The van der Waals surface area contributed by atoms with Gasteiger partial charge < -0.3 is 9.84 Å². The molecule has 0 saturated heterocycles. The minimum Gasteiger partial charge on any atom is -0.481 e. The zero-order valence-corrected chi connectivity index (χ0v) is 18.6. The maximum atomic E-state index is 13.2. The molecule has 0 fully saturated rings. The summed E-state index contributed by atoms with van der Waals surface area (Å²) in [5, 5.41) is 10.2. The van der Waals surface area contributed by atoms with Crippen LogP contribution in [-0.2, 0) is 21.4 Å². The van der Waals surface area contributed by atoms with Crippen LogP contribution < -0.4 is 9.04 Å². The number of carbonyl (C=O) groups is 1. The summed E-state index contributed by atoms with van der Waals surface area (Å²) >= 11 is 1.29. The Morgan fingerprint density at radius 1 is 1.12 bits per heavy atom. The van der Waals surface area contributed by atoms with Crippen LogP contribution >= 0.6 is 11.3 Å². The molecule has 0 bridgehead atoms. The predicted octanol–water partition coefficient (Wildman–Crippen LogP) is 5.31. The Labute approximate surface area is 186 Å². The molecule has 1 heterocycles. The number of hydrogen-bond donors (Lipinski definition) is 1. The van der Waals surface area contributed by atoms with E-state index in [1.807, 2.05) is 24.3 Å². The third-order valence-electron chi connectivity index (χ3n) is 4.66. The van der Waals surface area contributed by atoms with Crippen molar-refractivity contribution in [2.24, 2.45) is 0 Å². The predicted molar refractivity (Wildman–Crippen MR) is 117 cm³/mol. The maximum Gasteiger partial charge on any atom is 0.573 e. The van der Waals surface area contributed by atoms with E-state index in [1.54, 1.807) is 6.92 Å². The molecule has 0 unspecified atom stereocenters. The highest BCUT2D eigenvalue weighted by Gasteiger charge is 2.31. The van der Waals surface area contributed by atoms with Crippen molar-refractivity contribution >= 4 is 42.4 Å². The van der Waals surface area contributed by atoms with Crippen molar-refractivity contribution in [3.05, 3.63) is 59.7 Å². The lowest BCUT2D eigenvalue weighted by Crippen LogP contribution is -2.32. The second-order valence-corrected chi connectivity index (χ2v) is 10.1. The Bertz CT molecular complexity index is 1200. The van der Waals surface area contributed by atoms with Crippen molar-refractivity contribution in [3.8, 4) is 5.75 Å². The van der Waals surface area contributed by atoms with Crippen molar-refractivity contribution in [2.45, 2.75) is 32.7 Å². The maximum absolute atomic E-state index is 13.2. The smallest absolute Gasteiger partial charge is 0.481 e. The summed E-state index contributed by atoms with van der Waals surface area (Å²) in [4.78, 5) is 10.8. The molecule has 3 aromatic rings. The van der Waals surface area contributed by atoms with Crippen LogP contribution in [-0.4, -0.2) is 31.6 Å². The van der Waals surface area contributed by atoms with E-state index in [1.165, 1.54) is 27.8 Å². The monoisotopic (exact) mass is 487 g/mol. The first-order chi connectivity index (χ1) is 15.0. The average molecular weight is 488 g/mol. The number of thiophene rings is 1. The van der Waals surface area contributed by atoms with E-state index in [-0.39, 0.29) is 25.1 Å². The highest BCUT2D eigenvalue weighted by molar-refractivity contribution is 7.93. The lowest BCUT2D eigenvalue weighted by Gasteiger charge is -2.24. The minimum absolute atomic E-state index is 0.0591.